The average molecular weight is 458 g/mol. The maximum atomic E-state index is 11.7. The van der Waals surface area contributed by atoms with E-state index in [1.807, 2.05) is 36.4 Å². The SMILES string of the molecule is O=C1N[C@@]2(CO1)c1cc(Br)ccc1Oc1ccc(I)cc12. The molecule has 21 heavy (non-hydrogen) atoms. The predicted molar refractivity (Wildman–Crippen MR) is 88.6 cm³/mol. The first-order valence-corrected chi connectivity index (χ1v) is 8.18. The monoisotopic (exact) mass is 457 g/mol. The van der Waals surface area contributed by atoms with Crippen LogP contribution in [0.2, 0.25) is 0 Å². The van der Waals surface area contributed by atoms with E-state index in [-0.39, 0.29) is 6.61 Å². The van der Waals surface area contributed by atoms with E-state index in [1.165, 1.54) is 0 Å². The van der Waals surface area contributed by atoms with Gasteiger partial charge in [-0.25, -0.2) is 4.79 Å². The summed E-state index contributed by atoms with van der Waals surface area (Å²) in [4.78, 5) is 11.7. The first kappa shape index (κ1) is 13.4. The van der Waals surface area contributed by atoms with E-state index in [1.54, 1.807) is 0 Å². The molecule has 2 aliphatic rings. The third-order valence-corrected chi connectivity index (χ3v) is 4.92. The Morgan fingerprint density at radius 1 is 1.14 bits per heavy atom. The third kappa shape index (κ3) is 1.96. The fourth-order valence-electron chi connectivity index (χ4n) is 2.82. The lowest BCUT2D eigenvalue weighted by molar-refractivity contribution is 0.173. The number of carbonyl (C=O) groups is 1. The van der Waals surface area contributed by atoms with E-state index in [9.17, 15) is 4.79 Å². The van der Waals surface area contributed by atoms with Crippen LogP contribution in [0.4, 0.5) is 4.79 Å². The average Bonchev–Trinajstić information content (AvgIpc) is 2.84. The summed E-state index contributed by atoms with van der Waals surface area (Å²) in [7, 11) is 0. The van der Waals surface area contributed by atoms with Crippen molar-refractivity contribution in [1.82, 2.24) is 5.32 Å². The van der Waals surface area contributed by atoms with Crippen LogP contribution in [0, 0.1) is 3.57 Å². The van der Waals surface area contributed by atoms with Crippen molar-refractivity contribution in [2.75, 3.05) is 6.61 Å². The summed E-state index contributed by atoms with van der Waals surface area (Å²) in [6, 6.07) is 11.7. The van der Waals surface area contributed by atoms with E-state index in [0.717, 1.165) is 30.7 Å². The fourth-order valence-corrected chi connectivity index (χ4v) is 3.68. The molecule has 1 fully saturated rings. The minimum absolute atomic E-state index is 0.256. The van der Waals surface area contributed by atoms with Gasteiger partial charge in [0, 0.05) is 19.2 Å². The van der Waals surface area contributed by atoms with Crippen molar-refractivity contribution in [2.24, 2.45) is 0 Å². The van der Waals surface area contributed by atoms with Crippen molar-refractivity contribution in [3.8, 4) is 11.5 Å². The molecule has 1 N–H and O–H groups in total. The molecule has 4 nitrogen and oxygen atoms in total. The number of rotatable bonds is 0. The highest BCUT2D eigenvalue weighted by Crippen LogP contribution is 2.49. The van der Waals surface area contributed by atoms with Gasteiger partial charge in [0.25, 0.3) is 0 Å². The quantitative estimate of drug-likeness (QED) is 0.605. The van der Waals surface area contributed by atoms with Gasteiger partial charge < -0.3 is 14.8 Å². The Kier molecular flexibility index (Phi) is 2.94. The van der Waals surface area contributed by atoms with Gasteiger partial charge in [0.05, 0.1) is 0 Å². The number of nitrogens with one attached hydrogen (secondary N) is 1. The number of hydrogen-bond acceptors (Lipinski definition) is 3. The van der Waals surface area contributed by atoms with E-state index >= 15 is 0 Å². The Hall–Kier alpha value is -1.28. The first-order valence-electron chi connectivity index (χ1n) is 6.31. The molecule has 0 saturated carbocycles. The van der Waals surface area contributed by atoms with Gasteiger partial charge >= 0.3 is 6.09 Å². The summed E-state index contributed by atoms with van der Waals surface area (Å²) in [5.74, 6) is 1.48. The van der Waals surface area contributed by atoms with E-state index in [4.69, 9.17) is 9.47 Å². The number of hydrogen-bond donors (Lipinski definition) is 1. The topological polar surface area (TPSA) is 47.6 Å². The number of halogens is 2. The Labute approximate surface area is 143 Å². The van der Waals surface area contributed by atoms with E-state index < -0.39 is 11.6 Å². The van der Waals surface area contributed by atoms with Crippen molar-refractivity contribution in [1.29, 1.82) is 0 Å². The minimum atomic E-state index is -0.690. The number of cyclic esters (lactones) is 1. The number of carbonyl (C=O) groups excluding carboxylic acids is 1. The summed E-state index contributed by atoms with van der Waals surface area (Å²) in [5.41, 5.74) is 1.13. The predicted octanol–water partition coefficient (Wildman–Crippen LogP) is 4.14. The Bertz CT molecular complexity index is 726. The summed E-state index contributed by atoms with van der Waals surface area (Å²) in [6.45, 7) is 0.256. The normalized spacial score (nSPS) is 22.1. The lowest BCUT2D eigenvalue weighted by atomic mass is 9.81. The molecule has 2 heterocycles. The van der Waals surface area contributed by atoms with Crippen LogP contribution >= 0.6 is 38.5 Å². The second-order valence-corrected chi connectivity index (χ2v) is 7.15. The van der Waals surface area contributed by atoms with Gasteiger partial charge in [-0.1, -0.05) is 15.9 Å². The molecule has 2 aliphatic heterocycles. The van der Waals surface area contributed by atoms with Crippen LogP contribution in [0.3, 0.4) is 0 Å². The maximum absolute atomic E-state index is 11.7. The van der Waals surface area contributed by atoms with Crippen molar-refractivity contribution in [3.63, 3.8) is 0 Å². The standard InChI is InChI=1S/C15H9BrINO3/c16-8-1-3-12-10(5-8)15(7-20-14(19)18-15)11-6-9(17)2-4-13(11)21-12/h1-6H,7H2,(H,18,19)/t15-/m0/s1. The second-order valence-electron chi connectivity index (χ2n) is 4.99. The lowest BCUT2D eigenvalue weighted by Crippen LogP contribution is -2.43. The third-order valence-electron chi connectivity index (χ3n) is 3.76. The summed E-state index contributed by atoms with van der Waals surface area (Å²) >= 11 is 5.73. The van der Waals surface area contributed by atoms with E-state index in [2.05, 4.69) is 43.8 Å². The van der Waals surface area contributed by atoms with Crippen LogP contribution in [-0.4, -0.2) is 12.7 Å². The second kappa shape index (κ2) is 4.61. The zero-order chi connectivity index (χ0) is 14.6. The zero-order valence-corrected chi connectivity index (χ0v) is 14.4. The molecule has 1 saturated heterocycles. The summed E-state index contributed by atoms with van der Waals surface area (Å²) < 4.78 is 13.2. The van der Waals surface area contributed by atoms with Crippen LogP contribution in [-0.2, 0) is 10.3 Å². The number of fused-ring (bicyclic) bond motifs is 4. The van der Waals surface area contributed by atoms with Gasteiger partial charge in [-0.15, -0.1) is 0 Å². The highest BCUT2D eigenvalue weighted by Gasteiger charge is 2.49. The molecule has 0 aliphatic carbocycles. The molecule has 2 aromatic carbocycles. The summed E-state index contributed by atoms with van der Waals surface area (Å²) in [6.07, 6.45) is -0.410. The van der Waals surface area contributed by atoms with Crippen LogP contribution in [0.25, 0.3) is 0 Å². The molecule has 1 atom stereocenters. The first-order chi connectivity index (χ1) is 10.1. The zero-order valence-electron chi connectivity index (χ0n) is 10.7. The number of benzene rings is 2. The van der Waals surface area contributed by atoms with Crippen LogP contribution in [0.15, 0.2) is 40.9 Å². The van der Waals surface area contributed by atoms with Crippen molar-refractivity contribution < 1.29 is 14.3 Å². The molecule has 1 amide bonds. The Morgan fingerprint density at radius 3 is 2.57 bits per heavy atom. The van der Waals surface area contributed by atoms with Gasteiger partial charge in [0.1, 0.15) is 23.6 Å². The van der Waals surface area contributed by atoms with Gasteiger partial charge in [0.15, 0.2) is 0 Å². The van der Waals surface area contributed by atoms with Crippen molar-refractivity contribution in [3.05, 3.63) is 55.6 Å². The van der Waals surface area contributed by atoms with Gasteiger partial charge in [-0.2, -0.15) is 0 Å². The molecular formula is C15H9BrINO3. The Balaban J connectivity index is 2.02. The Morgan fingerprint density at radius 2 is 1.86 bits per heavy atom. The van der Waals surface area contributed by atoms with Crippen molar-refractivity contribution in [2.45, 2.75) is 5.54 Å². The molecule has 0 aromatic heterocycles. The molecule has 106 valence electrons. The number of alkyl carbamates (subject to hydrolysis) is 1. The van der Waals surface area contributed by atoms with Crippen LogP contribution in [0.1, 0.15) is 11.1 Å². The maximum Gasteiger partial charge on any atom is 0.408 e. The smallest absolute Gasteiger partial charge is 0.408 e. The van der Waals surface area contributed by atoms with Crippen molar-refractivity contribution >= 4 is 44.6 Å². The van der Waals surface area contributed by atoms with Gasteiger partial charge in [0.2, 0.25) is 0 Å². The highest BCUT2D eigenvalue weighted by molar-refractivity contribution is 14.1. The molecule has 6 heteroatoms. The molecule has 2 aromatic rings. The lowest BCUT2D eigenvalue weighted by Gasteiger charge is -2.35. The summed E-state index contributed by atoms with van der Waals surface area (Å²) in [5, 5.41) is 2.97. The van der Waals surface area contributed by atoms with Crippen LogP contribution < -0.4 is 10.1 Å². The molecule has 0 radical (unpaired) electrons. The molecule has 4 rings (SSSR count). The minimum Gasteiger partial charge on any atom is -0.457 e. The van der Waals surface area contributed by atoms with E-state index in [0.29, 0.717) is 0 Å². The fraction of sp³-hybridized carbons (Fsp3) is 0.133. The molecule has 0 unspecified atom stereocenters. The largest absolute Gasteiger partial charge is 0.457 e. The molecule has 0 bridgehead atoms. The highest BCUT2D eigenvalue weighted by atomic mass is 127. The number of ether oxygens (including phenoxy) is 2. The molecule has 1 spiro atoms. The van der Waals surface area contributed by atoms with Gasteiger partial charge in [-0.3, -0.25) is 0 Å². The van der Waals surface area contributed by atoms with Gasteiger partial charge in [-0.05, 0) is 59.0 Å². The van der Waals surface area contributed by atoms with Crippen LogP contribution in [0.5, 0.6) is 11.5 Å². The molecular weight excluding hydrogens is 449 g/mol. The number of amides is 1.